The van der Waals surface area contributed by atoms with Crippen LogP contribution < -0.4 is 5.84 Å². The Morgan fingerprint density at radius 1 is 1.78 bits per heavy atom. The molecule has 0 radical (unpaired) electrons. The second-order valence-electron chi connectivity index (χ2n) is 2.08. The highest BCUT2D eigenvalue weighted by molar-refractivity contribution is 5.03. The SMILES string of the molecule is CCCc1cnn(N)c1. The summed E-state index contributed by atoms with van der Waals surface area (Å²) in [6.45, 7) is 2.13. The summed E-state index contributed by atoms with van der Waals surface area (Å²) in [5, 5.41) is 3.83. The molecule has 0 saturated heterocycles. The fourth-order valence-electron chi connectivity index (χ4n) is 0.795. The molecule has 0 amide bonds. The van der Waals surface area contributed by atoms with Gasteiger partial charge in [-0.2, -0.15) is 9.89 Å². The lowest BCUT2D eigenvalue weighted by Gasteiger charge is -1.86. The van der Waals surface area contributed by atoms with Gasteiger partial charge in [-0.25, -0.2) is 0 Å². The first kappa shape index (κ1) is 6.13. The van der Waals surface area contributed by atoms with Crippen LogP contribution in [-0.4, -0.2) is 9.89 Å². The van der Waals surface area contributed by atoms with E-state index in [0.717, 1.165) is 12.8 Å². The summed E-state index contributed by atoms with van der Waals surface area (Å²) in [4.78, 5) is 1.34. The molecule has 1 heterocycles. The number of nitrogen functional groups attached to an aromatic ring is 1. The van der Waals surface area contributed by atoms with E-state index in [4.69, 9.17) is 5.84 Å². The Hall–Kier alpha value is -0.990. The molecule has 0 aliphatic rings. The number of hydrogen-bond donors (Lipinski definition) is 1. The molecule has 9 heavy (non-hydrogen) atoms. The Balaban J connectivity index is 2.61. The fraction of sp³-hybridized carbons (Fsp3) is 0.500. The second-order valence-corrected chi connectivity index (χ2v) is 2.08. The normalized spacial score (nSPS) is 9.89. The van der Waals surface area contributed by atoms with Crippen LogP contribution in [0.25, 0.3) is 0 Å². The Labute approximate surface area is 54.4 Å². The van der Waals surface area contributed by atoms with E-state index in [0.29, 0.717) is 0 Å². The maximum Gasteiger partial charge on any atom is 0.0542 e. The van der Waals surface area contributed by atoms with Gasteiger partial charge in [0.25, 0.3) is 0 Å². The lowest BCUT2D eigenvalue weighted by atomic mass is 10.2. The summed E-state index contributed by atoms with van der Waals surface area (Å²) in [5.41, 5.74) is 1.21. The van der Waals surface area contributed by atoms with Crippen molar-refractivity contribution < 1.29 is 0 Å². The monoisotopic (exact) mass is 125 g/mol. The van der Waals surface area contributed by atoms with Crippen LogP contribution in [0.1, 0.15) is 18.9 Å². The molecule has 3 nitrogen and oxygen atoms in total. The van der Waals surface area contributed by atoms with Crippen LogP contribution in [0.4, 0.5) is 0 Å². The molecule has 1 aromatic heterocycles. The van der Waals surface area contributed by atoms with E-state index >= 15 is 0 Å². The van der Waals surface area contributed by atoms with Gasteiger partial charge in [0, 0.05) is 0 Å². The second kappa shape index (κ2) is 2.53. The molecule has 0 bridgehead atoms. The van der Waals surface area contributed by atoms with Crippen molar-refractivity contribution in [2.75, 3.05) is 5.84 Å². The Bertz CT molecular complexity index is 180. The molecule has 3 heteroatoms. The molecule has 0 saturated carbocycles. The van der Waals surface area contributed by atoms with Gasteiger partial charge in [0.05, 0.1) is 12.4 Å². The van der Waals surface area contributed by atoms with Crippen LogP contribution in [-0.2, 0) is 6.42 Å². The molecule has 50 valence electrons. The molecule has 2 N–H and O–H groups in total. The van der Waals surface area contributed by atoms with Gasteiger partial charge in [0.1, 0.15) is 0 Å². The molecule has 0 aromatic carbocycles. The van der Waals surface area contributed by atoms with Crippen LogP contribution in [0.3, 0.4) is 0 Å². The van der Waals surface area contributed by atoms with Crippen LogP contribution in [0.15, 0.2) is 12.4 Å². The van der Waals surface area contributed by atoms with Gasteiger partial charge in [0.2, 0.25) is 0 Å². The van der Waals surface area contributed by atoms with Crippen LogP contribution in [0.5, 0.6) is 0 Å². The largest absolute Gasteiger partial charge is 0.323 e. The Morgan fingerprint density at radius 3 is 3.00 bits per heavy atom. The van der Waals surface area contributed by atoms with Crippen molar-refractivity contribution in [3.63, 3.8) is 0 Å². The van der Waals surface area contributed by atoms with Crippen LogP contribution in [0, 0.1) is 0 Å². The summed E-state index contributed by atoms with van der Waals surface area (Å²) < 4.78 is 0. The van der Waals surface area contributed by atoms with E-state index in [1.165, 1.54) is 10.4 Å². The minimum Gasteiger partial charge on any atom is -0.323 e. The van der Waals surface area contributed by atoms with E-state index < -0.39 is 0 Å². The van der Waals surface area contributed by atoms with Crippen molar-refractivity contribution >= 4 is 0 Å². The highest BCUT2D eigenvalue weighted by Gasteiger charge is 1.91. The zero-order valence-corrected chi connectivity index (χ0v) is 5.54. The van der Waals surface area contributed by atoms with Crippen LogP contribution in [0.2, 0.25) is 0 Å². The number of nitrogens with zero attached hydrogens (tertiary/aromatic N) is 2. The molecule has 0 atom stereocenters. The molecule has 1 rings (SSSR count). The smallest absolute Gasteiger partial charge is 0.0542 e. The maximum atomic E-state index is 5.31. The van der Waals surface area contributed by atoms with Gasteiger partial charge < -0.3 is 5.84 Å². The minimum absolute atomic E-state index is 1.07. The van der Waals surface area contributed by atoms with Gasteiger partial charge in [-0.1, -0.05) is 13.3 Å². The standard InChI is InChI=1S/C6H11N3/c1-2-3-6-4-8-9(7)5-6/h4-5H,2-3,7H2,1H3. The summed E-state index contributed by atoms with van der Waals surface area (Å²) in [5.74, 6) is 5.31. The van der Waals surface area contributed by atoms with Crippen molar-refractivity contribution in [3.05, 3.63) is 18.0 Å². The van der Waals surface area contributed by atoms with E-state index in [-0.39, 0.29) is 0 Å². The number of aromatic nitrogens is 2. The number of rotatable bonds is 2. The van der Waals surface area contributed by atoms with Crippen molar-refractivity contribution in [2.24, 2.45) is 0 Å². The van der Waals surface area contributed by atoms with Crippen molar-refractivity contribution in [1.29, 1.82) is 0 Å². The summed E-state index contributed by atoms with van der Waals surface area (Å²) >= 11 is 0. The van der Waals surface area contributed by atoms with Gasteiger partial charge >= 0.3 is 0 Å². The average molecular weight is 125 g/mol. The average Bonchev–Trinajstić information content (AvgIpc) is 2.17. The van der Waals surface area contributed by atoms with Crippen LogP contribution >= 0.6 is 0 Å². The van der Waals surface area contributed by atoms with Crippen molar-refractivity contribution in [1.82, 2.24) is 9.89 Å². The van der Waals surface area contributed by atoms with Gasteiger partial charge in [-0.3, -0.25) is 0 Å². The molecule has 0 fully saturated rings. The summed E-state index contributed by atoms with van der Waals surface area (Å²) in [6, 6.07) is 0. The van der Waals surface area contributed by atoms with E-state index in [2.05, 4.69) is 12.0 Å². The topological polar surface area (TPSA) is 43.8 Å². The molecular formula is C6H11N3. The molecule has 0 unspecified atom stereocenters. The summed E-state index contributed by atoms with van der Waals surface area (Å²) in [6.07, 6.45) is 5.84. The third-order valence-electron chi connectivity index (χ3n) is 1.19. The third-order valence-corrected chi connectivity index (χ3v) is 1.19. The highest BCUT2D eigenvalue weighted by Crippen LogP contribution is 1.97. The maximum absolute atomic E-state index is 5.31. The lowest BCUT2D eigenvalue weighted by Crippen LogP contribution is -2.07. The number of aryl methyl sites for hydroxylation is 1. The van der Waals surface area contributed by atoms with E-state index in [1.54, 1.807) is 6.20 Å². The quantitative estimate of drug-likeness (QED) is 0.586. The van der Waals surface area contributed by atoms with Gasteiger partial charge in [-0.05, 0) is 12.0 Å². The molecule has 1 aromatic rings. The fourth-order valence-corrected chi connectivity index (χ4v) is 0.795. The lowest BCUT2D eigenvalue weighted by molar-refractivity contribution is 0.830. The van der Waals surface area contributed by atoms with Gasteiger partial charge in [-0.15, -0.1) is 0 Å². The zero-order valence-electron chi connectivity index (χ0n) is 5.54. The highest BCUT2D eigenvalue weighted by atomic mass is 15.5. The first-order valence-electron chi connectivity index (χ1n) is 3.11. The minimum atomic E-state index is 1.07. The molecular weight excluding hydrogens is 114 g/mol. The molecule has 0 aliphatic carbocycles. The Morgan fingerprint density at radius 2 is 2.56 bits per heavy atom. The molecule has 0 spiro atoms. The first-order valence-corrected chi connectivity index (χ1v) is 3.11. The van der Waals surface area contributed by atoms with Crippen molar-refractivity contribution in [3.8, 4) is 0 Å². The zero-order chi connectivity index (χ0) is 6.69. The van der Waals surface area contributed by atoms with E-state index in [1.807, 2.05) is 6.20 Å². The predicted molar refractivity (Wildman–Crippen MR) is 36.4 cm³/mol. The first-order chi connectivity index (χ1) is 4.33. The Kier molecular flexibility index (Phi) is 1.72. The van der Waals surface area contributed by atoms with E-state index in [9.17, 15) is 0 Å². The number of nitrogens with two attached hydrogens (primary N) is 1. The third kappa shape index (κ3) is 1.45. The molecule has 0 aliphatic heterocycles. The van der Waals surface area contributed by atoms with Gasteiger partial charge in [0.15, 0.2) is 0 Å². The van der Waals surface area contributed by atoms with Crippen molar-refractivity contribution in [2.45, 2.75) is 19.8 Å². The predicted octanol–water partition coefficient (Wildman–Crippen LogP) is 0.549. The summed E-state index contributed by atoms with van der Waals surface area (Å²) in [7, 11) is 0. The number of hydrogen-bond acceptors (Lipinski definition) is 2.